The molecule has 0 bridgehead atoms. The average Bonchev–Trinajstić information content (AvgIpc) is 2.67. The highest BCUT2D eigenvalue weighted by Gasteiger charge is 2.15. The molecule has 1 saturated carbocycles. The Morgan fingerprint density at radius 2 is 1.58 bits per heavy atom. The van der Waals surface area contributed by atoms with Crippen molar-refractivity contribution < 1.29 is 4.79 Å². The maximum absolute atomic E-state index is 12.1. The Morgan fingerprint density at radius 1 is 1.05 bits per heavy atom. The van der Waals surface area contributed by atoms with Crippen LogP contribution in [-0.4, -0.2) is 16.9 Å². The van der Waals surface area contributed by atoms with Crippen molar-refractivity contribution in [1.82, 2.24) is 5.32 Å². The van der Waals surface area contributed by atoms with E-state index in [1.54, 1.807) is 24.3 Å². The molecule has 0 aromatic heterocycles. The number of hydrogen-bond donors (Lipinski definition) is 2. The topological polar surface area (TPSA) is 55.1 Å². The van der Waals surface area contributed by atoms with Crippen LogP contribution in [0.25, 0.3) is 0 Å². The molecule has 0 saturated heterocycles. The minimum absolute atomic E-state index is 0.00129. The molecule has 1 fully saturated rings. The van der Waals surface area contributed by atoms with Gasteiger partial charge in [0.2, 0.25) is 0 Å². The van der Waals surface area contributed by atoms with E-state index in [0.29, 0.717) is 16.6 Å². The standard InChI is InChI=1S/C15H20N2OS/c16-14(19)11-7-9-12(10-8-11)15(18)17-13-5-3-1-2-4-6-13/h7-10,13H,1-6H2,(H2,16,19)(H,17,18). The summed E-state index contributed by atoms with van der Waals surface area (Å²) in [6.07, 6.45) is 7.19. The second-order valence-electron chi connectivity index (χ2n) is 5.10. The molecule has 2 rings (SSSR count). The van der Waals surface area contributed by atoms with E-state index in [4.69, 9.17) is 18.0 Å². The lowest BCUT2D eigenvalue weighted by Gasteiger charge is -2.16. The number of rotatable bonds is 3. The van der Waals surface area contributed by atoms with E-state index < -0.39 is 0 Å². The lowest BCUT2D eigenvalue weighted by atomic mass is 10.1. The number of carbonyl (C=O) groups excluding carboxylic acids is 1. The third kappa shape index (κ3) is 4.03. The molecule has 0 spiro atoms. The lowest BCUT2D eigenvalue weighted by Crippen LogP contribution is -2.34. The summed E-state index contributed by atoms with van der Waals surface area (Å²) in [5.41, 5.74) is 7.00. The smallest absolute Gasteiger partial charge is 0.251 e. The first-order chi connectivity index (χ1) is 9.16. The summed E-state index contributed by atoms with van der Waals surface area (Å²) in [6, 6.07) is 7.47. The number of nitrogens with one attached hydrogen (secondary N) is 1. The summed E-state index contributed by atoms with van der Waals surface area (Å²) in [6.45, 7) is 0. The fraction of sp³-hybridized carbons (Fsp3) is 0.467. The van der Waals surface area contributed by atoms with Gasteiger partial charge in [0.25, 0.3) is 5.91 Å². The van der Waals surface area contributed by atoms with E-state index >= 15 is 0 Å². The van der Waals surface area contributed by atoms with Gasteiger partial charge < -0.3 is 11.1 Å². The highest BCUT2D eigenvalue weighted by Crippen LogP contribution is 2.17. The number of carbonyl (C=O) groups is 1. The van der Waals surface area contributed by atoms with Gasteiger partial charge >= 0.3 is 0 Å². The number of nitrogens with two attached hydrogens (primary N) is 1. The second-order valence-corrected chi connectivity index (χ2v) is 5.54. The van der Waals surface area contributed by atoms with Crippen LogP contribution in [0, 0.1) is 0 Å². The van der Waals surface area contributed by atoms with Gasteiger partial charge in [-0.15, -0.1) is 0 Å². The highest BCUT2D eigenvalue weighted by atomic mass is 32.1. The molecule has 102 valence electrons. The van der Waals surface area contributed by atoms with Crippen LogP contribution in [0.4, 0.5) is 0 Å². The van der Waals surface area contributed by atoms with Gasteiger partial charge in [0.05, 0.1) is 0 Å². The van der Waals surface area contributed by atoms with Crippen molar-refractivity contribution in [1.29, 1.82) is 0 Å². The zero-order valence-electron chi connectivity index (χ0n) is 11.0. The van der Waals surface area contributed by atoms with E-state index in [9.17, 15) is 4.79 Å². The third-order valence-electron chi connectivity index (χ3n) is 3.62. The molecule has 1 aromatic carbocycles. The summed E-state index contributed by atoms with van der Waals surface area (Å²) in [7, 11) is 0. The van der Waals surface area contributed by atoms with Crippen molar-refractivity contribution in [2.24, 2.45) is 5.73 Å². The summed E-state index contributed by atoms with van der Waals surface area (Å²) in [4.78, 5) is 12.5. The lowest BCUT2D eigenvalue weighted by molar-refractivity contribution is 0.0933. The van der Waals surface area contributed by atoms with Gasteiger partial charge in [-0.3, -0.25) is 4.79 Å². The van der Waals surface area contributed by atoms with Crippen LogP contribution in [-0.2, 0) is 0 Å². The van der Waals surface area contributed by atoms with Crippen molar-refractivity contribution in [3.63, 3.8) is 0 Å². The van der Waals surface area contributed by atoms with Crippen molar-refractivity contribution >= 4 is 23.1 Å². The molecule has 4 heteroatoms. The Kier molecular flexibility index (Phi) is 4.91. The Balaban J connectivity index is 1.96. The van der Waals surface area contributed by atoms with Gasteiger partial charge in [-0.05, 0) is 25.0 Å². The minimum atomic E-state index is 0.00129. The predicted octanol–water partition coefficient (Wildman–Crippen LogP) is 2.77. The fourth-order valence-corrected chi connectivity index (χ4v) is 2.61. The van der Waals surface area contributed by atoms with Crippen LogP contribution in [0.5, 0.6) is 0 Å². The van der Waals surface area contributed by atoms with Crippen LogP contribution in [0.1, 0.15) is 54.4 Å². The number of hydrogen-bond acceptors (Lipinski definition) is 2. The van der Waals surface area contributed by atoms with Crippen molar-refractivity contribution in [3.8, 4) is 0 Å². The molecule has 3 nitrogen and oxygen atoms in total. The van der Waals surface area contributed by atoms with Crippen molar-refractivity contribution in [2.45, 2.75) is 44.6 Å². The van der Waals surface area contributed by atoms with E-state index in [2.05, 4.69) is 5.32 Å². The van der Waals surface area contributed by atoms with Crippen LogP contribution in [0.3, 0.4) is 0 Å². The van der Waals surface area contributed by atoms with Crippen LogP contribution >= 0.6 is 12.2 Å². The predicted molar refractivity (Wildman–Crippen MR) is 81.3 cm³/mol. The molecular formula is C15H20N2OS. The molecule has 0 aliphatic heterocycles. The van der Waals surface area contributed by atoms with E-state index in [1.807, 2.05) is 0 Å². The second kappa shape index (κ2) is 6.66. The monoisotopic (exact) mass is 276 g/mol. The van der Waals surface area contributed by atoms with E-state index in [0.717, 1.165) is 18.4 Å². The molecule has 0 heterocycles. The zero-order valence-corrected chi connectivity index (χ0v) is 11.8. The van der Waals surface area contributed by atoms with Gasteiger partial charge in [-0.1, -0.05) is 50.0 Å². The fourth-order valence-electron chi connectivity index (χ4n) is 2.48. The largest absolute Gasteiger partial charge is 0.389 e. The van der Waals surface area contributed by atoms with Gasteiger partial charge in [0, 0.05) is 17.2 Å². The normalized spacial score (nSPS) is 16.6. The number of thiocarbonyl (C=S) groups is 1. The van der Waals surface area contributed by atoms with Crippen LogP contribution < -0.4 is 11.1 Å². The summed E-state index contributed by atoms with van der Waals surface area (Å²) in [5.74, 6) is 0.00129. The summed E-state index contributed by atoms with van der Waals surface area (Å²) in [5, 5.41) is 3.12. The van der Waals surface area contributed by atoms with Gasteiger partial charge in [-0.25, -0.2) is 0 Å². The quantitative estimate of drug-likeness (QED) is 0.659. The van der Waals surface area contributed by atoms with Crippen LogP contribution in [0.2, 0.25) is 0 Å². The minimum Gasteiger partial charge on any atom is -0.389 e. The molecule has 0 atom stereocenters. The van der Waals surface area contributed by atoms with Crippen molar-refractivity contribution in [2.75, 3.05) is 0 Å². The van der Waals surface area contributed by atoms with E-state index in [-0.39, 0.29) is 5.91 Å². The third-order valence-corrected chi connectivity index (χ3v) is 3.86. The highest BCUT2D eigenvalue weighted by molar-refractivity contribution is 7.80. The van der Waals surface area contributed by atoms with Gasteiger partial charge in [0.1, 0.15) is 4.99 Å². The molecule has 0 unspecified atom stereocenters. The summed E-state index contributed by atoms with van der Waals surface area (Å²) >= 11 is 4.89. The first-order valence-electron chi connectivity index (χ1n) is 6.87. The molecule has 1 aromatic rings. The molecule has 1 amide bonds. The SMILES string of the molecule is NC(=S)c1ccc(C(=O)NC2CCCCCC2)cc1. The zero-order chi connectivity index (χ0) is 13.7. The molecule has 1 aliphatic rings. The Hall–Kier alpha value is -1.42. The molecular weight excluding hydrogens is 256 g/mol. The Labute approximate surface area is 119 Å². The average molecular weight is 276 g/mol. The van der Waals surface area contributed by atoms with E-state index in [1.165, 1.54) is 25.7 Å². The first kappa shape index (κ1) is 14.0. The molecule has 3 N–H and O–H groups in total. The summed E-state index contributed by atoms with van der Waals surface area (Å²) < 4.78 is 0. The molecule has 1 aliphatic carbocycles. The maximum atomic E-state index is 12.1. The Morgan fingerprint density at radius 3 is 2.11 bits per heavy atom. The maximum Gasteiger partial charge on any atom is 0.251 e. The Bertz CT molecular complexity index is 448. The molecule has 0 radical (unpaired) electrons. The molecule has 19 heavy (non-hydrogen) atoms. The van der Waals surface area contributed by atoms with Gasteiger partial charge in [-0.2, -0.15) is 0 Å². The van der Waals surface area contributed by atoms with Crippen molar-refractivity contribution in [3.05, 3.63) is 35.4 Å². The van der Waals surface area contributed by atoms with Gasteiger partial charge in [0.15, 0.2) is 0 Å². The number of amides is 1. The first-order valence-corrected chi connectivity index (χ1v) is 7.28. The van der Waals surface area contributed by atoms with Crippen LogP contribution in [0.15, 0.2) is 24.3 Å². The number of benzene rings is 1.